The Balaban J connectivity index is 3.63. The average molecular weight is 138 g/mol. The van der Waals surface area contributed by atoms with Crippen LogP contribution in [-0.2, 0) is 0 Å². The Labute approximate surface area is 62.3 Å². The first-order valence-electron chi connectivity index (χ1n) is 3.51. The predicted octanol–water partition coefficient (Wildman–Crippen LogP) is 1.58. The Morgan fingerprint density at radius 1 is 1.80 bits per heavy atom. The van der Waals surface area contributed by atoms with Crippen LogP contribution in [0.5, 0.6) is 0 Å². The van der Waals surface area contributed by atoms with E-state index in [1.54, 1.807) is 0 Å². The summed E-state index contributed by atoms with van der Waals surface area (Å²) < 4.78 is 0. The van der Waals surface area contributed by atoms with Crippen LogP contribution in [0.15, 0.2) is 11.6 Å². The van der Waals surface area contributed by atoms with Crippen molar-refractivity contribution in [3.8, 4) is 6.07 Å². The van der Waals surface area contributed by atoms with E-state index < -0.39 is 0 Å². The van der Waals surface area contributed by atoms with E-state index in [4.69, 9.17) is 11.0 Å². The molecule has 0 aromatic carbocycles. The van der Waals surface area contributed by atoms with Gasteiger partial charge in [0.2, 0.25) is 0 Å². The molecule has 0 heterocycles. The van der Waals surface area contributed by atoms with Crippen LogP contribution in [0.25, 0.3) is 0 Å². The van der Waals surface area contributed by atoms with Crippen molar-refractivity contribution in [2.75, 3.05) is 0 Å². The maximum Gasteiger partial charge on any atom is 0.0962 e. The van der Waals surface area contributed by atoms with E-state index in [-0.39, 0.29) is 6.04 Å². The van der Waals surface area contributed by atoms with Crippen LogP contribution in [0.4, 0.5) is 0 Å². The highest BCUT2D eigenvalue weighted by atomic mass is 14.6. The van der Waals surface area contributed by atoms with Gasteiger partial charge in [0.05, 0.1) is 12.1 Å². The first-order chi connectivity index (χ1) is 4.70. The summed E-state index contributed by atoms with van der Waals surface area (Å²) in [5.74, 6) is 0. The molecule has 2 N–H and O–H groups in total. The lowest BCUT2D eigenvalue weighted by Crippen LogP contribution is -2.15. The third-order valence-corrected chi connectivity index (χ3v) is 1.44. The van der Waals surface area contributed by atoms with Gasteiger partial charge in [-0.25, -0.2) is 0 Å². The highest BCUT2D eigenvalue weighted by molar-refractivity contribution is 5.01. The van der Waals surface area contributed by atoms with Crippen molar-refractivity contribution < 1.29 is 0 Å². The molecule has 0 aliphatic rings. The molecule has 0 saturated heterocycles. The molecule has 0 rings (SSSR count). The van der Waals surface area contributed by atoms with Gasteiger partial charge < -0.3 is 5.73 Å². The quantitative estimate of drug-likeness (QED) is 0.602. The molecule has 2 nitrogen and oxygen atoms in total. The summed E-state index contributed by atoms with van der Waals surface area (Å²) in [6, 6.07) is 1.65. The number of allylic oxidation sites excluding steroid dienone is 1. The van der Waals surface area contributed by atoms with Gasteiger partial charge in [-0.05, 0) is 19.8 Å². The van der Waals surface area contributed by atoms with Gasteiger partial charge in [-0.1, -0.05) is 18.6 Å². The minimum Gasteiger partial charge on any atom is -0.316 e. The van der Waals surface area contributed by atoms with Crippen molar-refractivity contribution in [3.05, 3.63) is 11.6 Å². The van der Waals surface area contributed by atoms with Crippen LogP contribution in [0.3, 0.4) is 0 Å². The second-order valence-electron chi connectivity index (χ2n) is 2.38. The largest absolute Gasteiger partial charge is 0.316 e. The molecule has 0 saturated carbocycles. The fourth-order valence-electron chi connectivity index (χ4n) is 0.525. The van der Waals surface area contributed by atoms with E-state index in [9.17, 15) is 0 Å². The van der Waals surface area contributed by atoms with Gasteiger partial charge in [-0.2, -0.15) is 5.26 Å². The molecule has 0 fully saturated rings. The zero-order valence-electron chi connectivity index (χ0n) is 6.59. The minimum absolute atomic E-state index is 0.332. The van der Waals surface area contributed by atoms with E-state index in [1.165, 1.54) is 5.57 Å². The van der Waals surface area contributed by atoms with Gasteiger partial charge in [0, 0.05) is 0 Å². The van der Waals surface area contributed by atoms with E-state index >= 15 is 0 Å². The Hall–Kier alpha value is -0.810. The van der Waals surface area contributed by atoms with E-state index in [2.05, 4.69) is 6.92 Å². The van der Waals surface area contributed by atoms with Crippen LogP contribution >= 0.6 is 0 Å². The third kappa shape index (κ3) is 4.11. The van der Waals surface area contributed by atoms with E-state index in [0.29, 0.717) is 6.42 Å². The first kappa shape index (κ1) is 9.19. The summed E-state index contributed by atoms with van der Waals surface area (Å²) in [5, 5.41) is 8.32. The van der Waals surface area contributed by atoms with Gasteiger partial charge >= 0.3 is 0 Å². The van der Waals surface area contributed by atoms with Crippen LogP contribution in [-0.4, -0.2) is 6.04 Å². The molecule has 0 aliphatic carbocycles. The molecule has 1 unspecified atom stereocenters. The van der Waals surface area contributed by atoms with Gasteiger partial charge in [-0.15, -0.1) is 0 Å². The molecule has 0 aromatic rings. The van der Waals surface area contributed by atoms with Gasteiger partial charge in [0.1, 0.15) is 0 Å². The normalized spacial score (nSPS) is 14.4. The Kier molecular flexibility index (Phi) is 4.61. The number of rotatable bonds is 3. The van der Waals surface area contributed by atoms with Crippen LogP contribution in [0.2, 0.25) is 0 Å². The van der Waals surface area contributed by atoms with Gasteiger partial charge in [0.15, 0.2) is 0 Å². The van der Waals surface area contributed by atoms with Crippen molar-refractivity contribution in [3.63, 3.8) is 0 Å². The molecule has 2 heteroatoms. The van der Waals surface area contributed by atoms with E-state index in [0.717, 1.165) is 6.42 Å². The summed E-state index contributed by atoms with van der Waals surface area (Å²) in [7, 11) is 0. The summed E-state index contributed by atoms with van der Waals surface area (Å²) >= 11 is 0. The second kappa shape index (κ2) is 5.01. The lowest BCUT2D eigenvalue weighted by Gasteiger charge is -1.97. The van der Waals surface area contributed by atoms with Crippen LogP contribution in [0.1, 0.15) is 26.7 Å². The number of nitriles is 1. The second-order valence-corrected chi connectivity index (χ2v) is 2.38. The van der Waals surface area contributed by atoms with Gasteiger partial charge in [0.25, 0.3) is 0 Å². The summed E-state index contributed by atoms with van der Waals surface area (Å²) in [4.78, 5) is 0. The zero-order chi connectivity index (χ0) is 7.98. The number of nitrogens with zero attached hydrogens (tertiary/aromatic N) is 1. The lowest BCUT2D eigenvalue weighted by atomic mass is 10.1. The maximum atomic E-state index is 8.32. The molecule has 56 valence electrons. The maximum absolute atomic E-state index is 8.32. The molecule has 0 radical (unpaired) electrons. The lowest BCUT2D eigenvalue weighted by molar-refractivity contribution is 0.837. The molecule has 1 atom stereocenters. The zero-order valence-corrected chi connectivity index (χ0v) is 6.59. The summed E-state index contributed by atoms with van der Waals surface area (Å²) in [5.41, 5.74) is 6.67. The fourth-order valence-corrected chi connectivity index (χ4v) is 0.525. The molecule has 0 aliphatic heterocycles. The van der Waals surface area contributed by atoms with Crippen molar-refractivity contribution in [2.45, 2.75) is 32.7 Å². The Bertz CT molecular complexity index is 153. The molecule has 10 heavy (non-hydrogen) atoms. The van der Waals surface area contributed by atoms with Crippen LogP contribution < -0.4 is 5.73 Å². The Morgan fingerprint density at radius 2 is 2.40 bits per heavy atom. The van der Waals surface area contributed by atoms with Crippen molar-refractivity contribution in [2.24, 2.45) is 5.73 Å². The van der Waals surface area contributed by atoms with Gasteiger partial charge in [-0.3, -0.25) is 0 Å². The van der Waals surface area contributed by atoms with Crippen molar-refractivity contribution in [1.82, 2.24) is 0 Å². The fraction of sp³-hybridized carbons (Fsp3) is 0.625. The SMILES string of the molecule is CCC(C)=CCC(N)C#N. The molecule has 0 spiro atoms. The van der Waals surface area contributed by atoms with Crippen molar-refractivity contribution in [1.29, 1.82) is 5.26 Å². The van der Waals surface area contributed by atoms with Crippen molar-refractivity contribution >= 4 is 0 Å². The number of hydrogen-bond acceptors (Lipinski definition) is 2. The molecule has 0 amide bonds. The topological polar surface area (TPSA) is 49.8 Å². The number of hydrogen-bond donors (Lipinski definition) is 1. The average Bonchev–Trinajstić information content (AvgIpc) is 1.99. The molecule has 0 aromatic heterocycles. The Morgan fingerprint density at radius 3 is 2.80 bits per heavy atom. The third-order valence-electron chi connectivity index (χ3n) is 1.44. The molecular formula is C8H14N2. The van der Waals surface area contributed by atoms with E-state index in [1.807, 2.05) is 19.1 Å². The smallest absolute Gasteiger partial charge is 0.0962 e. The summed E-state index contributed by atoms with van der Waals surface area (Å²) in [6.07, 6.45) is 3.74. The highest BCUT2D eigenvalue weighted by Crippen LogP contribution is 2.00. The molecular weight excluding hydrogens is 124 g/mol. The van der Waals surface area contributed by atoms with Crippen LogP contribution in [0, 0.1) is 11.3 Å². The standard InChI is InChI=1S/C8H14N2/c1-3-7(2)4-5-8(10)6-9/h4,8H,3,5,10H2,1-2H3. The first-order valence-corrected chi connectivity index (χ1v) is 3.51. The predicted molar refractivity (Wildman–Crippen MR) is 42.3 cm³/mol. The molecule has 0 bridgehead atoms. The minimum atomic E-state index is -0.332. The summed E-state index contributed by atoms with van der Waals surface area (Å²) in [6.45, 7) is 4.13. The monoisotopic (exact) mass is 138 g/mol. The highest BCUT2D eigenvalue weighted by Gasteiger charge is 1.94. The number of nitrogens with two attached hydrogens (primary N) is 1.